The highest BCUT2D eigenvalue weighted by atomic mass is 16.6. The molecule has 0 amide bonds. The Labute approximate surface area is 99.6 Å². The van der Waals surface area contributed by atoms with Crippen molar-refractivity contribution >= 4 is 17.3 Å². The molecule has 0 spiro atoms. The highest BCUT2D eigenvalue weighted by Gasteiger charge is 2.20. The van der Waals surface area contributed by atoms with E-state index in [0.29, 0.717) is 5.92 Å². The van der Waals surface area contributed by atoms with Crippen LogP contribution in [0.1, 0.15) is 19.8 Å². The number of anilines is 2. The van der Waals surface area contributed by atoms with Gasteiger partial charge in [-0.05, 0) is 24.8 Å². The van der Waals surface area contributed by atoms with E-state index in [-0.39, 0.29) is 11.5 Å². The Morgan fingerprint density at radius 1 is 1.59 bits per heavy atom. The van der Waals surface area contributed by atoms with Crippen LogP contribution in [0.4, 0.5) is 17.3 Å². The Kier molecular flexibility index (Phi) is 3.12. The van der Waals surface area contributed by atoms with E-state index in [0.717, 1.165) is 25.3 Å². The molecule has 0 bridgehead atoms. The molecule has 1 aromatic heterocycles. The molecular formula is C11H16N4O2. The fourth-order valence-electron chi connectivity index (χ4n) is 2.18. The largest absolute Gasteiger partial charge is 0.378 e. The van der Waals surface area contributed by atoms with Crippen molar-refractivity contribution in [2.75, 3.05) is 23.7 Å². The second-order valence-corrected chi connectivity index (χ2v) is 4.52. The molecule has 0 saturated carbocycles. The number of hydrogen-bond donors (Lipinski definition) is 1. The zero-order valence-corrected chi connectivity index (χ0v) is 9.80. The molecule has 0 aliphatic carbocycles. The van der Waals surface area contributed by atoms with Crippen molar-refractivity contribution in [1.29, 1.82) is 0 Å². The third kappa shape index (κ3) is 2.46. The number of piperidine rings is 1. The molecule has 0 radical (unpaired) electrons. The van der Waals surface area contributed by atoms with Crippen molar-refractivity contribution in [3.63, 3.8) is 0 Å². The standard InChI is InChI=1S/C11H16N4O2/c1-8-3-2-6-14(7-8)10-5-4-9(15(16)17)11(12)13-10/h4-5,8H,2-3,6-7H2,1H3,(H2,12,13)/t8-/m1/s1. The summed E-state index contributed by atoms with van der Waals surface area (Å²) in [5.74, 6) is 1.35. The van der Waals surface area contributed by atoms with Gasteiger partial charge in [0.25, 0.3) is 0 Å². The van der Waals surface area contributed by atoms with Gasteiger partial charge in [-0.2, -0.15) is 0 Å². The molecule has 92 valence electrons. The number of nitrogen functional groups attached to an aromatic ring is 1. The number of rotatable bonds is 2. The molecular weight excluding hydrogens is 220 g/mol. The quantitative estimate of drug-likeness (QED) is 0.625. The van der Waals surface area contributed by atoms with Crippen LogP contribution >= 0.6 is 0 Å². The molecule has 1 aromatic rings. The molecule has 2 N–H and O–H groups in total. The minimum atomic E-state index is -0.509. The first-order valence-electron chi connectivity index (χ1n) is 5.74. The van der Waals surface area contributed by atoms with Crippen LogP contribution in [0.5, 0.6) is 0 Å². The predicted octanol–water partition coefficient (Wildman–Crippen LogP) is 1.81. The summed E-state index contributed by atoms with van der Waals surface area (Å²) in [5, 5.41) is 10.6. The summed E-state index contributed by atoms with van der Waals surface area (Å²) in [6.07, 6.45) is 2.35. The van der Waals surface area contributed by atoms with E-state index in [1.807, 2.05) is 0 Å². The third-order valence-electron chi connectivity index (χ3n) is 3.07. The first kappa shape index (κ1) is 11.6. The van der Waals surface area contributed by atoms with Crippen LogP contribution in [0.15, 0.2) is 12.1 Å². The van der Waals surface area contributed by atoms with Gasteiger partial charge >= 0.3 is 5.69 Å². The molecule has 1 aliphatic rings. The van der Waals surface area contributed by atoms with Crippen molar-refractivity contribution in [2.45, 2.75) is 19.8 Å². The number of aromatic nitrogens is 1. The van der Waals surface area contributed by atoms with Crippen LogP contribution in [-0.2, 0) is 0 Å². The molecule has 0 unspecified atom stereocenters. The molecule has 0 aromatic carbocycles. The Balaban J connectivity index is 2.22. The van der Waals surface area contributed by atoms with E-state index in [1.54, 1.807) is 6.07 Å². The lowest BCUT2D eigenvalue weighted by molar-refractivity contribution is -0.384. The van der Waals surface area contributed by atoms with Crippen LogP contribution in [0.3, 0.4) is 0 Å². The van der Waals surface area contributed by atoms with E-state index >= 15 is 0 Å². The normalized spacial score (nSPS) is 20.3. The van der Waals surface area contributed by atoms with E-state index in [2.05, 4.69) is 16.8 Å². The Morgan fingerprint density at radius 2 is 2.35 bits per heavy atom. The fraction of sp³-hybridized carbons (Fsp3) is 0.545. The van der Waals surface area contributed by atoms with Gasteiger partial charge in [-0.15, -0.1) is 0 Å². The van der Waals surface area contributed by atoms with E-state index in [9.17, 15) is 10.1 Å². The molecule has 1 saturated heterocycles. The first-order valence-corrected chi connectivity index (χ1v) is 5.74. The highest BCUT2D eigenvalue weighted by Crippen LogP contribution is 2.26. The molecule has 17 heavy (non-hydrogen) atoms. The van der Waals surface area contributed by atoms with Gasteiger partial charge in [0.2, 0.25) is 5.82 Å². The zero-order valence-electron chi connectivity index (χ0n) is 9.80. The highest BCUT2D eigenvalue weighted by molar-refractivity contribution is 5.58. The van der Waals surface area contributed by atoms with Crippen LogP contribution in [0.2, 0.25) is 0 Å². The predicted molar refractivity (Wildman–Crippen MR) is 65.9 cm³/mol. The van der Waals surface area contributed by atoms with Gasteiger partial charge in [0, 0.05) is 19.2 Å². The van der Waals surface area contributed by atoms with Gasteiger partial charge in [0.1, 0.15) is 5.82 Å². The van der Waals surface area contributed by atoms with Gasteiger partial charge < -0.3 is 10.6 Å². The van der Waals surface area contributed by atoms with Gasteiger partial charge in [0.05, 0.1) is 4.92 Å². The third-order valence-corrected chi connectivity index (χ3v) is 3.07. The smallest absolute Gasteiger partial charge is 0.311 e. The van der Waals surface area contributed by atoms with Crippen LogP contribution < -0.4 is 10.6 Å². The SMILES string of the molecule is C[C@@H]1CCCN(c2ccc([N+](=O)[O-])c(N)n2)C1. The summed E-state index contributed by atoms with van der Waals surface area (Å²) < 4.78 is 0. The number of pyridine rings is 1. The fourth-order valence-corrected chi connectivity index (χ4v) is 2.18. The van der Waals surface area contributed by atoms with Crippen LogP contribution in [0, 0.1) is 16.0 Å². The number of nitro groups is 1. The first-order chi connectivity index (χ1) is 8.08. The molecule has 1 aliphatic heterocycles. The average molecular weight is 236 g/mol. The Bertz CT molecular complexity index is 435. The lowest BCUT2D eigenvalue weighted by atomic mass is 10.0. The van der Waals surface area contributed by atoms with E-state index < -0.39 is 4.92 Å². The van der Waals surface area contributed by atoms with Crippen molar-refractivity contribution in [2.24, 2.45) is 5.92 Å². The maximum atomic E-state index is 10.6. The summed E-state index contributed by atoms with van der Waals surface area (Å²) in [6.45, 7) is 4.07. The summed E-state index contributed by atoms with van der Waals surface area (Å²) in [6, 6.07) is 3.10. The zero-order chi connectivity index (χ0) is 12.4. The van der Waals surface area contributed by atoms with E-state index in [4.69, 9.17) is 5.73 Å². The van der Waals surface area contributed by atoms with Crippen molar-refractivity contribution in [1.82, 2.24) is 4.98 Å². The Morgan fingerprint density at radius 3 is 2.94 bits per heavy atom. The van der Waals surface area contributed by atoms with Crippen LogP contribution in [-0.4, -0.2) is 23.0 Å². The van der Waals surface area contributed by atoms with Crippen LogP contribution in [0.25, 0.3) is 0 Å². The minimum absolute atomic E-state index is 0.00859. The average Bonchev–Trinajstić information content (AvgIpc) is 2.28. The maximum Gasteiger partial charge on any atom is 0.311 e. The molecule has 2 rings (SSSR count). The van der Waals surface area contributed by atoms with Gasteiger partial charge in [-0.3, -0.25) is 10.1 Å². The van der Waals surface area contributed by atoms with Gasteiger partial charge in [-0.1, -0.05) is 6.92 Å². The van der Waals surface area contributed by atoms with Crippen molar-refractivity contribution in [3.05, 3.63) is 22.2 Å². The molecule has 6 heteroatoms. The number of nitrogens with zero attached hydrogens (tertiary/aromatic N) is 3. The second-order valence-electron chi connectivity index (χ2n) is 4.52. The topological polar surface area (TPSA) is 85.3 Å². The summed E-state index contributed by atoms with van der Waals surface area (Å²) in [5.41, 5.74) is 5.46. The van der Waals surface area contributed by atoms with Crippen molar-refractivity contribution in [3.8, 4) is 0 Å². The monoisotopic (exact) mass is 236 g/mol. The second kappa shape index (κ2) is 4.57. The molecule has 1 atom stereocenters. The van der Waals surface area contributed by atoms with E-state index in [1.165, 1.54) is 12.5 Å². The Hall–Kier alpha value is -1.85. The lowest BCUT2D eigenvalue weighted by Gasteiger charge is -2.31. The summed E-state index contributed by atoms with van der Waals surface area (Å²) >= 11 is 0. The number of hydrogen-bond acceptors (Lipinski definition) is 5. The van der Waals surface area contributed by atoms with Gasteiger partial charge in [0.15, 0.2) is 0 Å². The summed E-state index contributed by atoms with van der Waals surface area (Å²) in [4.78, 5) is 16.4. The minimum Gasteiger partial charge on any atom is -0.378 e. The van der Waals surface area contributed by atoms with Gasteiger partial charge in [-0.25, -0.2) is 4.98 Å². The summed E-state index contributed by atoms with van der Waals surface area (Å²) in [7, 11) is 0. The maximum absolute atomic E-state index is 10.6. The lowest BCUT2D eigenvalue weighted by Crippen LogP contribution is -2.34. The van der Waals surface area contributed by atoms with Crippen molar-refractivity contribution < 1.29 is 4.92 Å². The number of nitrogens with two attached hydrogens (primary N) is 1. The molecule has 1 fully saturated rings. The molecule has 6 nitrogen and oxygen atoms in total. The molecule has 2 heterocycles.